The number of sulfonamides is 1. The number of nitrogens with zero attached hydrogens (tertiary/aromatic N) is 1. The highest BCUT2D eigenvalue weighted by Gasteiger charge is 2.20. The van der Waals surface area contributed by atoms with Gasteiger partial charge in [-0.3, -0.25) is 9.10 Å². The Kier molecular flexibility index (Phi) is 7.00. The van der Waals surface area contributed by atoms with E-state index in [2.05, 4.69) is 0 Å². The molecule has 0 atom stereocenters. The summed E-state index contributed by atoms with van der Waals surface area (Å²) in [7, 11) is -2.10. The molecule has 3 aromatic rings. The Balaban J connectivity index is 1.61. The van der Waals surface area contributed by atoms with Crippen LogP contribution in [-0.2, 0) is 29.7 Å². The number of benzene rings is 3. The third-order valence-corrected chi connectivity index (χ3v) is 7.03. The average molecular weight is 498 g/mol. The van der Waals surface area contributed by atoms with Crippen LogP contribution in [0.3, 0.4) is 0 Å². The van der Waals surface area contributed by atoms with Crippen LogP contribution in [0.1, 0.15) is 32.6 Å². The number of aryl methyl sites for hydroxylation is 1. The molecule has 0 spiro atoms. The predicted molar refractivity (Wildman–Crippen MR) is 132 cm³/mol. The number of ether oxygens (including phenoxy) is 3. The van der Waals surface area contributed by atoms with Crippen LogP contribution >= 0.6 is 0 Å². The third kappa shape index (κ3) is 5.58. The highest BCUT2D eigenvalue weighted by atomic mass is 32.2. The van der Waals surface area contributed by atoms with Gasteiger partial charge in [-0.2, -0.15) is 0 Å². The number of ketones is 1. The zero-order chi connectivity index (χ0) is 25.2. The fraction of sp³-hybridized carbons (Fsp3) is 0.269. The molecule has 9 heteroatoms. The first kappa shape index (κ1) is 24.6. The lowest BCUT2D eigenvalue weighted by Crippen LogP contribution is -2.25. The second-order valence-electron chi connectivity index (χ2n) is 8.42. The largest absolute Gasteiger partial charge is 0.487 e. The molecule has 0 bridgehead atoms. The molecule has 8 nitrogen and oxygen atoms in total. The van der Waals surface area contributed by atoms with Crippen molar-refractivity contribution in [2.24, 2.45) is 0 Å². The highest BCUT2D eigenvalue weighted by molar-refractivity contribution is 7.92. The van der Waals surface area contributed by atoms with Crippen molar-refractivity contribution in [1.82, 2.24) is 0 Å². The summed E-state index contributed by atoms with van der Waals surface area (Å²) in [4.78, 5) is 12.9. The summed E-state index contributed by atoms with van der Waals surface area (Å²) >= 11 is 0. The second kappa shape index (κ2) is 9.97. The minimum atomic E-state index is -3.54. The third-order valence-electron chi connectivity index (χ3n) is 5.84. The van der Waals surface area contributed by atoms with Crippen LogP contribution in [0.15, 0.2) is 54.6 Å². The molecule has 0 fully saturated rings. The molecule has 3 aromatic carbocycles. The molecule has 0 saturated heterocycles. The van der Waals surface area contributed by atoms with E-state index in [1.807, 2.05) is 25.1 Å². The van der Waals surface area contributed by atoms with Crippen LogP contribution in [-0.4, -0.2) is 39.4 Å². The van der Waals surface area contributed by atoms with Crippen molar-refractivity contribution in [3.05, 3.63) is 82.4 Å². The van der Waals surface area contributed by atoms with Crippen molar-refractivity contribution in [1.29, 1.82) is 0 Å². The van der Waals surface area contributed by atoms with Gasteiger partial charge >= 0.3 is 0 Å². The van der Waals surface area contributed by atoms with E-state index in [0.717, 1.165) is 27.3 Å². The first-order valence-corrected chi connectivity index (χ1v) is 12.8. The summed E-state index contributed by atoms with van der Waals surface area (Å²) in [6.07, 6.45) is 1.20. The molecule has 1 aliphatic rings. The first-order chi connectivity index (χ1) is 16.7. The van der Waals surface area contributed by atoms with E-state index in [4.69, 9.17) is 14.2 Å². The molecular weight excluding hydrogens is 470 g/mol. The smallest absolute Gasteiger partial charge is 0.232 e. The quantitative estimate of drug-likeness (QED) is 0.451. The Bertz CT molecular complexity index is 1370. The maximum absolute atomic E-state index is 12.9. The van der Waals surface area contributed by atoms with Gasteiger partial charge in [-0.15, -0.1) is 0 Å². The Morgan fingerprint density at radius 3 is 2.54 bits per heavy atom. The van der Waals surface area contributed by atoms with Crippen molar-refractivity contribution in [3.8, 4) is 17.2 Å². The van der Waals surface area contributed by atoms with Gasteiger partial charge in [-0.1, -0.05) is 29.8 Å². The number of carbonyl (C=O) groups is 1. The van der Waals surface area contributed by atoms with Crippen molar-refractivity contribution < 1.29 is 32.5 Å². The monoisotopic (exact) mass is 497 g/mol. The van der Waals surface area contributed by atoms with E-state index in [1.54, 1.807) is 36.4 Å². The van der Waals surface area contributed by atoms with Crippen LogP contribution in [0.4, 0.5) is 5.69 Å². The molecule has 0 aliphatic carbocycles. The lowest BCUT2D eigenvalue weighted by Gasteiger charge is -2.21. The molecule has 0 unspecified atom stereocenters. The second-order valence-corrected chi connectivity index (χ2v) is 10.4. The number of hydrogen-bond donors (Lipinski definition) is 1. The number of rotatable bonds is 9. The minimum absolute atomic E-state index is 0.0885. The Morgan fingerprint density at radius 1 is 1.03 bits per heavy atom. The lowest BCUT2D eigenvalue weighted by molar-refractivity contribution is 0.0992. The number of aliphatic hydroxyl groups is 1. The van der Waals surface area contributed by atoms with Crippen molar-refractivity contribution in [2.75, 3.05) is 24.4 Å². The molecule has 0 aromatic heterocycles. The Morgan fingerprint density at radius 2 is 1.80 bits per heavy atom. The fourth-order valence-corrected chi connectivity index (χ4v) is 4.29. The van der Waals surface area contributed by atoms with Crippen molar-refractivity contribution in [2.45, 2.75) is 26.6 Å². The van der Waals surface area contributed by atoms with Gasteiger partial charge in [-0.05, 0) is 53.9 Å². The number of carbonyl (C=O) groups excluding carboxylic acids is 1. The van der Waals surface area contributed by atoms with Gasteiger partial charge in [0.05, 0.1) is 18.6 Å². The summed E-state index contributed by atoms with van der Waals surface area (Å²) in [5.41, 5.74) is 4.04. The molecule has 0 amide bonds. The Labute approximate surface area is 204 Å². The van der Waals surface area contributed by atoms with Crippen molar-refractivity contribution in [3.63, 3.8) is 0 Å². The minimum Gasteiger partial charge on any atom is -0.487 e. The van der Waals surface area contributed by atoms with Gasteiger partial charge in [0.25, 0.3) is 0 Å². The van der Waals surface area contributed by atoms with E-state index in [9.17, 15) is 18.3 Å². The number of fused-ring (bicyclic) bond motifs is 1. The summed E-state index contributed by atoms with van der Waals surface area (Å²) in [6, 6.07) is 15.7. The van der Waals surface area contributed by atoms with Gasteiger partial charge in [-0.25, -0.2) is 8.42 Å². The SMILES string of the molecule is Cc1ccc(CO)c(COc2cc(CC(=O)c3ccc4c(c3)OCO4)ccc2N(C)S(C)(=O)=O)c1. The predicted octanol–water partition coefficient (Wildman–Crippen LogP) is 3.62. The normalized spacial score (nSPS) is 12.5. The Hall–Kier alpha value is -3.56. The van der Waals surface area contributed by atoms with Crippen LogP contribution in [0.25, 0.3) is 0 Å². The van der Waals surface area contributed by atoms with E-state index in [1.165, 1.54) is 7.05 Å². The molecule has 4 rings (SSSR count). The van der Waals surface area contributed by atoms with Crippen LogP contribution < -0.4 is 18.5 Å². The summed E-state index contributed by atoms with van der Waals surface area (Å²) in [5.74, 6) is 1.32. The van der Waals surface area contributed by atoms with Gasteiger partial charge in [0.2, 0.25) is 16.8 Å². The maximum Gasteiger partial charge on any atom is 0.232 e. The topological polar surface area (TPSA) is 102 Å². The first-order valence-electron chi connectivity index (χ1n) is 11.0. The summed E-state index contributed by atoms with van der Waals surface area (Å²) < 4.78 is 42.3. The molecule has 1 aliphatic heterocycles. The summed E-state index contributed by atoms with van der Waals surface area (Å²) in [5, 5.41) is 9.67. The van der Waals surface area contributed by atoms with E-state index in [-0.39, 0.29) is 32.2 Å². The molecular formula is C26H27NO7S. The van der Waals surface area contributed by atoms with Crippen LogP contribution in [0.2, 0.25) is 0 Å². The van der Waals surface area contributed by atoms with Crippen molar-refractivity contribution >= 4 is 21.5 Å². The standard InChI is InChI=1S/C26H27NO7S/c1-17-4-6-20(14-28)21(10-17)15-32-25-12-18(5-8-22(25)27(2)35(3,30)31)11-23(29)19-7-9-24-26(13-19)34-16-33-24/h4-10,12-13,28H,11,14-16H2,1-3H3. The molecule has 1 heterocycles. The molecule has 35 heavy (non-hydrogen) atoms. The number of anilines is 1. The number of aliphatic hydroxyl groups excluding tert-OH is 1. The maximum atomic E-state index is 12.9. The van der Waals surface area contributed by atoms with Crippen LogP contribution in [0, 0.1) is 6.92 Å². The fourth-order valence-electron chi connectivity index (χ4n) is 3.78. The number of hydrogen-bond acceptors (Lipinski definition) is 7. The van der Waals surface area contributed by atoms with Gasteiger partial charge in [0, 0.05) is 19.0 Å². The van der Waals surface area contributed by atoms with Gasteiger partial charge < -0.3 is 19.3 Å². The van der Waals surface area contributed by atoms with E-state index >= 15 is 0 Å². The van der Waals surface area contributed by atoms with E-state index in [0.29, 0.717) is 34.1 Å². The number of Topliss-reactive ketones (excluding diaryl/α,β-unsaturated/α-hetero) is 1. The average Bonchev–Trinajstić information content (AvgIpc) is 3.30. The molecule has 0 radical (unpaired) electrons. The molecule has 184 valence electrons. The van der Waals surface area contributed by atoms with Gasteiger partial charge in [0.15, 0.2) is 17.3 Å². The molecule has 1 N–H and O–H groups in total. The lowest BCUT2D eigenvalue weighted by atomic mass is 10.0. The highest BCUT2D eigenvalue weighted by Crippen LogP contribution is 2.34. The zero-order valence-corrected chi connectivity index (χ0v) is 20.6. The summed E-state index contributed by atoms with van der Waals surface area (Å²) in [6.45, 7) is 2.05. The van der Waals surface area contributed by atoms with E-state index < -0.39 is 10.0 Å². The van der Waals surface area contributed by atoms with Crippen LogP contribution in [0.5, 0.6) is 17.2 Å². The van der Waals surface area contributed by atoms with Gasteiger partial charge in [0.1, 0.15) is 12.4 Å². The zero-order valence-electron chi connectivity index (χ0n) is 19.8. The molecule has 0 saturated carbocycles.